The molecule has 0 saturated carbocycles. The summed E-state index contributed by atoms with van der Waals surface area (Å²) in [5, 5.41) is 21.7. The summed E-state index contributed by atoms with van der Waals surface area (Å²) < 4.78 is 46.9. The molecule has 0 spiro atoms. The van der Waals surface area contributed by atoms with E-state index in [0.29, 0.717) is 0 Å². The van der Waals surface area contributed by atoms with Crippen LogP contribution in [0.5, 0.6) is 5.88 Å². The first-order chi connectivity index (χ1) is 9.69. The van der Waals surface area contributed by atoms with Crippen molar-refractivity contribution >= 4 is 0 Å². The van der Waals surface area contributed by atoms with Gasteiger partial charge in [-0.05, 0) is 25.4 Å². The van der Waals surface area contributed by atoms with E-state index in [1.807, 2.05) is 0 Å². The number of rotatable bonds is 6. The number of alkyl halides is 3. The van der Waals surface area contributed by atoms with Crippen molar-refractivity contribution in [3.63, 3.8) is 0 Å². The van der Waals surface area contributed by atoms with Crippen LogP contribution in [0.3, 0.4) is 0 Å². The lowest BCUT2D eigenvalue weighted by Gasteiger charge is -2.17. The predicted octanol–water partition coefficient (Wildman–Crippen LogP) is 3.38. The van der Waals surface area contributed by atoms with E-state index in [9.17, 15) is 13.2 Å². The monoisotopic (exact) mass is 301 g/mol. The summed E-state index contributed by atoms with van der Waals surface area (Å²) in [4.78, 5) is 0. The summed E-state index contributed by atoms with van der Waals surface area (Å²) in [6.45, 7) is 3.54. The van der Waals surface area contributed by atoms with Crippen LogP contribution in [-0.4, -0.2) is 17.4 Å². The number of halogens is 3. The van der Waals surface area contributed by atoms with Crippen LogP contribution in [0.1, 0.15) is 32.4 Å². The molecule has 0 bridgehead atoms. The minimum Gasteiger partial charge on any atom is -0.473 e. The van der Waals surface area contributed by atoms with E-state index < -0.39 is 24.4 Å². The van der Waals surface area contributed by atoms with Crippen molar-refractivity contribution in [1.82, 2.24) is 5.16 Å². The highest BCUT2D eigenvalue weighted by molar-refractivity contribution is 5.21. The second-order valence-electron chi connectivity index (χ2n) is 4.90. The highest BCUT2D eigenvalue weighted by Crippen LogP contribution is 2.33. The molecule has 1 heterocycles. The lowest BCUT2D eigenvalue weighted by atomic mass is 9.82. The van der Waals surface area contributed by atoms with Crippen LogP contribution in [0.4, 0.5) is 13.2 Å². The normalized spacial score (nSPS) is 12.0. The Balaban J connectivity index is 2.81. The molecule has 0 atom stereocenters. The van der Waals surface area contributed by atoms with Gasteiger partial charge in [0.2, 0.25) is 0 Å². The summed E-state index contributed by atoms with van der Waals surface area (Å²) in [5.41, 5.74) is -1.80. The Kier molecular flexibility index (Phi) is 5.20. The maximum Gasteiger partial charge on any atom is 0.389 e. The zero-order chi connectivity index (χ0) is 16.1. The molecule has 0 aliphatic heterocycles. The molecule has 0 aliphatic carbocycles. The number of nitrogens with zero attached hydrogens (tertiary/aromatic N) is 3. The lowest BCUT2D eigenvalue weighted by Crippen LogP contribution is -2.22. The van der Waals surface area contributed by atoms with Gasteiger partial charge in [-0.3, -0.25) is 0 Å². The molecule has 21 heavy (non-hydrogen) atoms. The third-order valence-corrected chi connectivity index (χ3v) is 2.63. The van der Waals surface area contributed by atoms with Crippen molar-refractivity contribution in [3.8, 4) is 18.0 Å². The first-order valence-electron chi connectivity index (χ1n) is 6.21. The minimum absolute atomic E-state index is 0.135. The Labute approximate surface area is 119 Å². The van der Waals surface area contributed by atoms with E-state index >= 15 is 0 Å². The summed E-state index contributed by atoms with van der Waals surface area (Å²) >= 11 is 0. The first kappa shape index (κ1) is 16.8. The van der Waals surface area contributed by atoms with Gasteiger partial charge in [0.1, 0.15) is 5.76 Å². The fourth-order valence-corrected chi connectivity index (χ4v) is 1.63. The molecule has 0 amide bonds. The van der Waals surface area contributed by atoms with Gasteiger partial charge < -0.3 is 9.26 Å². The van der Waals surface area contributed by atoms with Crippen molar-refractivity contribution in [3.05, 3.63) is 11.8 Å². The van der Waals surface area contributed by atoms with Crippen LogP contribution < -0.4 is 4.74 Å². The molecular formula is C13H14F3N3O2. The molecule has 0 radical (unpaired) electrons. The van der Waals surface area contributed by atoms with Gasteiger partial charge in [0.25, 0.3) is 5.88 Å². The Morgan fingerprint density at radius 3 is 2.38 bits per heavy atom. The van der Waals surface area contributed by atoms with Gasteiger partial charge in [-0.2, -0.15) is 23.7 Å². The molecule has 0 aliphatic rings. The molecule has 0 fully saturated rings. The predicted molar refractivity (Wildman–Crippen MR) is 64.9 cm³/mol. The highest BCUT2D eigenvalue weighted by Gasteiger charge is 2.38. The van der Waals surface area contributed by atoms with Gasteiger partial charge in [-0.1, -0.05) is 0 Å². The molecule has 5 nitrogen and oxygen atoms in total. The van der Waals surface area contributed by atoms with Crippen LogP contribution in [0.2, 0.25) is 0 Å². The second kappa shape index (κ2) is 6.49. The second-order valence-corrected chi connectivity index (χ2v) is 4.90. The van der Waals surface area contributed by atoms with Gasteiger partial charge in [0.15, 0.2) is 5.41 Å². The molecule has 0 aromatic carbocycles. The zero-order valence-corrected chi connectivity index (χ0v) is 11.6. The largest absolute Gasteiger partial charge is 0.473 e. The Bertz CT molecular complexity index is 538. The highest BCUT2D eigenvalue weighted by atomic mass is 19.4. The van der Waals surface area contributed by atoms with Crippen molar-refractivity contribution in [2.24, 2.45) is 5.41 Å². The third kappa shape index (κ3) is 5.35. The van der Waals surface area contributed by atoms with E-state index in [1.165, 1.54) is 6.07 Å². The molecule has 0 saturated heterocycles. The lowest BCUT2D eigenvalue weighted by molar-refractivity contribution is -0.138. The van der Waals surface area contributed by atoms with Gasteiger partial charge in [-0.15, -0.1) is 0 Å². The van der Waals surface area contributed by atoms with E-state index in [-0.39, 0.29) is 24.2 Å². The van der Waals surface area contributed by atoms with Gasteiger partial charge in [0.05, 0.1) is 18.2 Å². The van der Waals surface area contributed by atoms with E-state index in [2.05, 4.69) is 5.16 Å². The third-order valence-electron chi connectivity index (χ3n) is 2.63. The summed E-state index contributed by atoms with van der Waals surface area (Å²) in [6.07, 6.45) is -6.68. The number of hydrogen-bond donors (Lipinski definition) is 0. The van der Waals surface area contributed by atoms with Crippen molar-refractivity contribution in [1.29, 1.82) is 10.5 Å². The molecule has 1 aromatic rings. The summed E-state index contributed by atoms with van der Waals surface area (Å²) in [7, 11) is 0. The number of nitriles is 2. The zero-order valence-electron chi connectivity index (χ0n) is 11.6. The maximum atomic E-state index is 12.3. The number of aromatic nitrogens is 1. The van der Waals surface area contributed by atoms with Gasteiger partial charge >= 0.3 is 6.18 Å². The molecule has 0 unspecified atom stereocenters. The van der Waals surface area contributed by atoms with Crippen molar-refractivity contribution < 1.29 is 22.4 Å². The van der Waals surface area contributed by atoms with E-state index in [1.54, 1.807) is 26.0 Å². The smallest absolute Gasteiger partial charge is 0.389 e. The number of hydrogen-bond acceptors (Lipinski definition) is 5. The van der Waals surface area contributed by atoms with Crippen LogP contribution in [0.15, 0.2) is 10.6 Å². The summed E-state index contributed by atoms with van der Waals surface area (Å²) in [6, 6.07) is 4.67. The van der Waals surface area contributed by atoms with Gasteiger partial charge in [-0.25, -0.2) is 0 Å². The average molecular weight is 301 g/mol. The molecule has 8 heteroatoms. The summed E-state index contributed by atoms with van der Waals surface area (Å²) in [5.74, 6) is 0.302. The first-order valence-corrected chi connectivity index (χ1v) is 6.21. The Hall–Kier alpha value is -2.22. The molecular weight excluding hydrogens is 287 g/mol. The van der Waals surface area contributed by atoms with Crippen LogP contribution in [0, 0.1) is 28.1 Å². The molecule has 1 aromatic heterocycles. The molecule has 1 rings (SSSR count). The van der Waals surface area contributed by atoms with E-state index in [0.717, 1.165) is 0 Å². The van der Waals surface area contributed by atoms with Crippen LogP contribution in [-0.2, 0) is 6.42 Å². The fourth-order valence-electron chi connectivity index (χ4n) is 1.63. The fraction of sp³-hybridized carbons (Fsp3) is 0.615. The minimum atomic E-state index is -4.42. The Morgan fingerprint density at radius 2 is 1.90 bits per heavy atom. The molecule has 0 N–H and O–H groups in total. The Morgan fingerprint density at radius 1 is 1.29 bits per heavy atom. The van der Waals surface area contributed by atoms with E-state index in [4.69, 9.17) is 19.8 Å². The van der Waals surface area contributed by atoms with Crippen molar-refractivity contribution in [2.75, 3.05) is 0 Å². The number of ether oxygens (including phenoxy) is 1. The van der Waals surface area contributed by atoms with Crippen molar-refractivity contribution in [2.45, 2.75) is 45.4 Å². The van der Waals surface area contributed by atoms with Crippen LogP contribution >= 0.6 is 0 Å². The topological polar surface area (TPSA) is 82.8 Å². The van der Waals surface area contributed by atoms with Crippen LogP contribution in [0.25, 0.3) is 0 Å². The van der Waals surface area contributed by atoms with Gasteiger partial charge in [0, 0.05) is 18.9 Å². The SMILES string of the molecule is CC(C)Oc1cc(CC(C#N)(C#N)CCC(F)(F)F)on1. The standard InChI is InChI=1S/C13H14F3N3O2/c1-9(2)20-11-5-10(21-19-11)6-12(7-17,8-18)3-4-13(14,15)16/h5,9H,3-4,6H2,1-2H3. The molecule has 114 valence electrons. The maximum absolute atomic E-state index is 12.3. The average Bonchev–Trinajstić information content (AvgIpc) is 2.80. The quantitative estimate of drug-likeness (QED) is 0.804.